The predicted molar refractivity (Wildman–Crippen MR) is 75.6 cm³/mol. The van der Waals surface area contributed by atoms with E-state index in [0.717, 1.165) is 32.6 Å². The van der Waals surface area contributed by atoms with Crippen molar-refractivity contribution in [2.24, 2.45) is 5.92 Å². The molecule has 1 heterocycles. The van der Waals surface area contributed by atoms with Gasteiger partial charge in [0.2, 0.25) is 0 Å². The standard InChI is InChI=1S/C14H25N3O3/c1-10(2)16-5-7-17(8-6-16)14(20)15-12-4-3-11(9-12)13(18)19/h10-12H,3-9H2,1-2H3,(H,15,20)(H,18,19)/t11-,12+/m1/s1. The number of amides is 2. The quantitative estimate of drug-likeness (QED) is 0.809. The summed E-state index contributed by atoms with van der Waals surface area (Å²) in [4.78, 5) is 27.3. The van der Waals surface area contributed by atoms with E-state index in [2.05, 4.69) is 24.1 Å². The lowest BCUT2D eigenvalue weighted by Gasteiger charge is -2.37. The van der Waals surface area contributed by atoms with Crippen LogP contribution in [0.2, 0.25) is 0 Å². The lowest BCUT2D eigenvalue weighted by molar-refractivity contribution is -0.141. The van der Waals surface area contributed by atoms with Crippen molar-refractivity contribution in [1.29, 1.82) is 0 Å². The molecule has 0 aromatic carbocycles. The summed E-state index contributed by atoms with van der Waals surface area (Å²) in [5.74, 6) is -1.04. The molecule has 2 fully saturated rings. The molecule has 0 aromatic rings. The van der Waals surface area contributed by atoms with Gasteiger partial charge in [0, 0.05) is 38.3 Å². The van der Waals surface area contributed by atoms with E-state index in [9.17, 15) is 9.59 Å². The maximum absolute atomic E-state index is 12.2. The summed E-state index contributed by atoms with van der Waals surface area (Å²) in [5, 5.41) is 11.9. The summed E-state index contributed by atoms with van der Waals surface area (Å²) in [6, 6.07) is 0.502. The summed E-state index contributed by atoms with van der Waals surface area (Å²) in [7, 11) is 0. The van der Waals surface area contributed by atoms with Gasteiger partial charge in [0.15, 0.2) is 0 Å². The van der Waals surface area contributed by atoms with Crippen LogP contribution in [0.4, 0.5) is 4.79 Å². The van der Waals surface area contributed by atoms with Crippen LogP contribution in [0.25, 0.3) is 0 Å². The van der Waals surface area contributed by atoms with Crippen LogP contribution in [0.3, 0.4) is 0 Å². The van der Waals surface area contributed by atoms with Gasteiger partial charge in [-0.1, -0.05) is 0 Å². The first-order chi connectivity index (χ1) is 9.47. The minimum absolute atomic E-state index is 0.0201. The number of rotatable bonds is 3. The number of nitrogens with zero attached hydrogens (tertiary/aromatic N) is 2. The Bertz CT molecular complexity index is 365. The van der Waals surface area contributed by atoms with E-state index in [1.54, 1.807) is 0 Å². The number of nitrogens with one attached hydrogen (secondary N) is 1. The molecule has 20 heavy (non-hydrogen) atoms. The molecule has 6 heteroatoms. The monoisotopic (exact) mass is 283 g/mol. The zero-order valence-corrected chi connectivity index (χ0v) is 12.3. The first-order valence-corrected chi connectivity index (χ1v) is 7.49. The van der Waals surface area contributed by atoms with Crippen LogP contribution in [-0.4, -0.2) is 65.2 Å². The molecule has 1 aliphatic carbocycles. The van der Waals surface area contributed by atoms with Crippen LogP contribution in [0.15, 0.2) is 0 Å². The van der Waals surface area contributed by atoms with E-state index in [1.807, 2.05) is 4.90 Å². The molecule has 2 aliphatic rings. The molecule has 2 amide bonds. The van der Waals surface area contributed by atoms with Crippen molar-refractivity contribution in [3.05, 3.63) is 0 Å². The van der Waals surface area contributed by atoms with Crippen molar-refractivity contribution in [2.75, 3.05) is 26.2 Å². The maximum Gasteiger partial charge on any atom is 0.317 e. The highest BCUT2D eigenvalue weighted by Crippen LogP contribution is 2.25. The lowest BCUT2D eigenvalue weighted by Crippen LogP contribution is -2.54. The van der Waals surface area contributed by atoms with Crippen LogP contribution in [0.1, 0.15) is 33.1 Å². The number of hydrogen-bond donors (Lipinski definition) is 2. The second kappa shape index (κ2) is 6.43. The molecule has 114 valence electrons. The third kappa shape index (κ3) is 3.62. The Hall–Kier alpha value is -1.30. The summed E-state index contributed by atoms with van der Waals surface area (Å²) in [6.45, 7) is 7.65. The van der Waals surface area contributed by atoms with Crippen molar-refractivity contribution >= 4 is 12.0 Å². The molecular weight excluding hydrogens is 258 g/mol. The Kier molecular flexibility index (Phi) is 4.86. The van der Waals surface area contributed by atoms with Crippen molar-refractivity contribution in [1.82, 2.24) is 15.1 Å². The molecule has 1 aliphatic heterocycles. The molecule has 0 bridgehead atoms. The average molecular weight is 283 g/mol. The van der Waals surface area contributed by atoms with Crippen LogP contribution in [-0.2, 0) is 4.79 Å². The number of aliphatic carboxylic acids is 1. The second-order valence-electron chi connectivity index (χ2n) is 6.11. The van der Waals surface area contributed by atoms with E-state index in [1.165, 1.54) is 0 Å². The largest absolute Gasteiger partial charge is 0.481 e. The summed E-state index contributed by atoms with van der Waals surface area (Å²) < 4.78 is 0. The number of hydrogen-bond acceptors (Lipinski definition) is 3. The first kappa shape index (κ1) is 15.1. The number of piperazine rings is 1. The van der Waals surface area contributed by atoms with E-state index in [0.29, 0.717) is 18.9 Å². The molecule has 0 unspecified atom stereocenters. The molecule has 0 spiro atoms. The number of carboxylic acid groups (broad SMARTS) is 1. The number of urea groups is 1. The van der Waals surface area contributed by atoms with Gasteiger partial charge in [0.25, 0.3) is 0 Å². The summed E-state index contributed by atoms with van der Waals surface area (Å²) in [6.07, 6.45) is 2.00. The van der Waals surface area contributed by atoms with Gasteiger partial charge >= 0.3 is 12.0 Å². The van der Waals surface area contributed by atoms with E-state index in [-0.39, 0.29) is 18.0 Å². The number of carbonyl (C=O) groups is 2. The van der Waals surface area contributed by atoms with Gasteiger partial charge in [0.05, 0.1) is 5.92 Å². The topological polar surface area (TPSA) is 72.9 Å². The Labute approximate surface area is 120 Å². The van der Waals surface area contributed by atoms with Crippen molar-refractivity contribution in [3.8, 4) is 0 Å². The fourth-order valence-corrected chi connectivity index (χ4v) is 3.04. The van der Waals surface area contributed by atoms with Crippen LogP contribution >= 0.6 is 0 Å². The first-order valence-electron chi connectivity index (χ1n) is 7.49. The van der Waals surface area contributed by atoms with Gasteiger partial charge in [-0.15, -0.1) is 0 Å². The number of carbonyl (C=O) groups excluding carboxylic acids is 1. The van der Waals surface area contributed by atoms with Gasteiger partial charge < -0.3 is 15.3 Å². The molecule has 1 saturated heterocycles. The Morgan fingerprint density at radius 1 is 1.15 bits per heavy atom. The van der Waals surface area contributed by atoms with Gasteiger partial charge in [-0.3, -0.25) is 9.69 Å². The molecule has 6 nitrogen and oxygen atoms in total. The molecule has 2 atom stereocenters. The van der Waals surface area contributed by atoms with Gasteiger partial charge in [-0.05, 0) is 33.1 Å². The predicted octanol–water partition coefficient (Wildman–Crippen LogP) is 0.975. The van der Waals surface area contributed by atoms with E-state index < -0.39 is 5.97 Å². The highest BCUT2D eigenvalue weighted by molar-refractivity contribution is 5.75. The van der Waals surface area contributed by atoms with Crippen molar-refractivity contribution < 1.29 is 14.7 Å². The van der Waals surface area contributed by atoms with Crippen LogP contribution < -0.4 is 5.32 Å². The van der Waals surface area contributed by atoms with Gasteiger partial charge in [-0.25, -0.2) is 4.79 Å². The number of carboxylic acids is 1. The van der Waals surface area contributed by atoms with Crippen molar-refractivity contribution in [2.45, 2.75) is 45.2 Å². The summed E-state index contributed by atoms with van der Waals surface area (Å²) >= 11 is 0. The molecule has 1 saturated carbocycles. The normalized spacial score (nSPS) is 27.9. The zero-order chi connectivity index (χ0) is 14.7. The summed E-state index contributed by atoms with van der Waals surface area (Å²) in [5.41, 5.74) is 0. The fraction of sp³-hybridized carbons (Fsp3) is 0.857. The zero-order valence-electron chi connectivity index (χ0n) is 12.3. The molecule has 2 N–H and O–H groups in total. The Balaban J connectivity index is 1.75. The second-order valence-corrected chi connectivity index (χ2v) is 6.11. The van der Waals surface area contributed by atoms with Crippen molar-refractivity contribution in [3.63, 3.8) is 0 Å². The molecule has 2 rings (SSSR count). The third-order valence-corrected chi connectivity index (χ3v) is 4.44. The molecule has 0 radical (unpaired) electrons. The van der Waals surface area contributed by atoms with Gasteiger partial charge in [-0.2, -0.15) is 0 Å². The highest BCUT2D eigenvalue weighted by Gasteiger charge is 2.32. The smallest absolute Gasteiger partial charge is 0.317 e. The van der Waals surface area contributed by atoms with Crippen LogP contribution in [0, 0.1) is 5.92 Å². The lowest BCUT2D eigenvalue weighted by atomic mass is 10.1. The van der Waals surface area contributed by atoms with Gasteiger partial charge in [0.1, 0.15) is 0 Å². The average Bonchev–Trinajstić information content (AvgIpc) is 2.87. The van der Waals surface area contributed by atoms with E-state index >= 15 is 0 Å². The maximum atomic E-state index is 12.2. The molecule has 0 aromatic heterocycles. The third-order valence-electron chi connectivity index (χ3n) is 4.44. The minimum Gasteiger partial charge on any atom is -0.481 e. The molecular formula is C14H25N3O3. The Morgan fingerprint density at radius 3 is 2.30 bits per heavy atom. The SMILES string of the molecule is CC(C)N1CCN(C(=O)N[C@H]2CC[C@@H](C(=O)O)C2)CC1. The Morgan fingerprint density at radius 2 is 1.80 bits per heavy atom. The fourth-order valence-electron chi connectivity index (χ4n) is 3.04. The van der Waals surface area contributed by atoms with E-state index in [4.69, 9.17) is 5.11 Å². The highest BCUT2D eigenvalue weighted by atomic mass is 16.4. The minimum atomic E-state index is -0.743. The van der Waals surface area contributed by atoms with Crippen LogP contribution in [0.5, 0.6) is 0 Å².